The number of hydrogen-bond acceptors (Lipinski definition) is 3. The van der Waals surface area contributed by atoms with Crippen molar-refractivity contribution in [1.29, 1.82) is 0 Å². The number of aromatic nitrogens is 2. The van der Waals surface area contributed by atoms with Crippen LogP contribution in [-0.2, 0) is 11.2 Å². The van der Waals surface area contributed by atoms with Crippen molar-refractivity contribution >= 4 is 22.0 Å². The second-order valence-electron chi connectivity index (χ2n) is 9.91. The van der Waals surface area contributed by atoms with Crippen molar-refractivity contribution in [2.75, 3.05) is 6.54 Å². The lowest BCUT2D eigenvalue weighted by Gasteiger charge is -2.27. The number of aromatic amines is 1. The molecule has 6 heteroatoms. The number of carbonyl (C=O) groups is 1. The Balaban J connectivity index is 1.41. The van der Waals surface area contributed by atoms with Crippen LogP contribution in [0.2, 0.25) is 0 Å². The average molecular weight is 506 g/mol. The van der Waals surface area contributed by atoms with Crippen molar-refractivity contribution in [1.82, 2.24) is 14.9 Å². The van der Waals surface area contributed by atoms with Gasteiger partial charge in [-0.25, -0.2) is 9.78 Å². The number of hydrogen-bond donors (Lipinski definition) is 1. The van der Waals surface area contributed by atoms with Gasteiger partial charge in [-0.3, -0.25) is 4.90 Å². The highest BCUT2D eigenvalue weighted by Gasteiger charge is 2.38. The zero-order chi connectivity index (χ0) is 23.3. The molecule has 2 aromatic carbocycles. The minimum absolute atomic E-state index is 0.160. The Kier molecular flexibility index (Phi) is 5.44. The number of fused-ring (bicyclic) bond motifs is 3. The maximum atomic E-state index is 12.9. The van der Waals surface area contributed by atoms with Gasteiger partial charge in [0.05, 0.1) is 17.9 Å². The molecule has 2 aliphatic rings. The van der Waals surface area contributed by atoms with E-state index < -0.39 is 5.60 Å². The highest BCUT2D eigenvalue weighted by molar-refractivity contribution is 9.10. The molecular weight excluding hydrogens is 478 g/mol. The van der Waals surface area contributed by atoms with Crippen LogP contribution in [0.15, 0.2) is 59.7 Å². The highest BCUT2D eigenvalue weighted by atomic mass is 79.9. The molecule has 1 unspecified atom stereocenters. The van der Waals surface area contributed by atoms with E-state index in [1.165, 1.54) is 22.3 Å². The summed E-state index contributed by atoms with van der Waals surface area (Å²) in [7, 11) is 0. The summed E-state index contributed by atoms with van der Waals surface area (Å²) >= 11 is 3.58. The molecular formula is C27H28BrN3O2. The monoisotopic (exact) mass is 505 g/mol. The summed E-state index contributed by atoms with van der Waals surface area (Å²) in [4.78, 5) is 22.8. The van der Waals surface area contributed by atoms with Crippen molar-refractivity contribution < 1.29 is 9.53 Å². The van der Waals surface area contributed by atoms with Crippen LogP contribution in [0.1, 0.15) is 50.2 Å². The molecule has 170 valence electrons. The zero-order valence-corrected chi connectivity index (χ0v) is 20.8. The molecule has 1 aliphatic heterocycles. The first-order valence-corrected chi connectivity index (χ1v) is 12.1. The number of nitrogens with one attached hydrogen (secondary N) is 1. The van der Waals surface area contributed by atoms with E-state index in [1.54, 1.807) is 4.90 Å². The molecule has 5 nitrogen and oxygen atoms in total. The van der Waals surface area contributed by atoms with E-state index in [2.05, 4.69) is 68.9 Å². The maximum Gasteiger partial charge on any atom is 0.410 e. The lowest BCUT2D eigenvalue weighted by atomic mass is 10.0. The van der Waals surface area contributed by atoms with Gasteiger partial charge in [0.2, 0.25) is 0 Å². The van der Waals surface area contributed by atoms with Crippen LogP contribution in [0, 0.1) is 5.92 Å². The third-order valence-electron chi connectivity index (χ3n) is 6.36. The lowest BCUT2D eigenvalue weighted by Crippen LogP contribution is -2.37. The van der Waals surface area contributed by atoms with E-state index in [-0.39, 0.29) is 18.1 Å². The van der Waals surface area contributed by atoms with E-state index in [1.807, 2.05) is 33.0 Å². The molecule has 3 aromatic rings. The Morgan fingerprint density at radius 1 is 1.21 bits per heavy atom. The fourth-order valence-corrected chi connectivity index (χ4v) is 5.23. The molecule has 0 radical (unpaired) electrons. The number of carbonyl (C=O) groups excluding carboxylic acids is 1. The van der Waals surface area contributed by atoms with E-state index in [9.17, 15) is 4.79 Å². The first-order valence-electron chi connectivity index (χ1n) is 11.3. The molecule has 0 bridgehead atoms. The lowest BCUT2D eigenvalue weighted by molar-refractivity contribution is 0.0216. The third kappa shape index (κ3) is 4.24. The topological polar surface area (TPSA) is 58.2 Å². The Labute approximate surface area is 203 Å². The normalized spacial score (nSPS) is 19.3. The van der Waals surface area contributed by atoms with Gasteiger partial charge in [0, 0.05) is 11.0 Å². The maximum absolute atomic E-state index is 12.9. The standard InChI is InChI=1S/C27H28BrN3O2/c1-5-16-10-24(31(15-16)26(32)33-27(2,3)4)25-29-14-23(30-25)17-6-8-21-18(11-17)12-19-13-20(28)7-9-22(19)21/h5-9,11,13-14,16,24H,1,10,12,15H2,2-4H3,(H,29,30)/t16?,24-/m0/s1. The van der Waals surface area contributed by atoms with Crippen molar-refractivity contribution in [3.8, 4) is 22.4 Å². The second-order valence-corrected chi connectivity index (χ2v) is 10.8. The van der Waals surface area contributed by atoms with Gasteiger partial charge in [0.15, 0.2) is 0 Å². The summed E-state index contributed by atoms with van der Waals surface area (Å²) in [5.74, 6) is 1.00. The molecule has 1 N–H and O–H groups in total. The van der Waals surface area contributed by atoms with Crippen LogP contribution in [0.3, 0.4) is 0 Å². The minimum Gasteiger partial charge on any atom is -0.444 e. The number of likely N-dealkylation sites (tertiary alicyclic amines) is 1. The number of halogens is 1. The molecule has 1 aromatic heterocycles. The Morgan fingerprint density at radius 2 is 1.94 bits per heavy atom. The van der Waals surface area contributed by atoms with E-state index in [0.29, 0.717) is 6.54 Å². The van der Waals surface area contributed by atoms with Gasteiger partial charge in [-0.15, -0.1) is 6.58 Å². The molecule has 5 rings (SSSR count). The SMILES string of the molecule is C=CC1C[C@@H](c2ncc(-c3ccc4c(c3)Cc3cc(Br)ccc3-4)[nH]2)N(C(=O)OC(C)(C)C)C1. The third-order valence-corrected chi connectivity index (χ3v) is 6.85. The minimum atomic E-state index is -0.542. The summed E-state index contributed by atoms with van der Waals surface area (Å²) in [6, 6.07) is 12.9. The Bertz CT molecular complexity index is 1240. The smallest absolute Gasteiger partial charge is 0.410 e. The molecule has 1 fully saturated rings. The van der Waals surface area contributed by atoms with Crippen LogP contribution >= 0.6 is 15.9 Å². The van der Waals surface area contributed by atoms with Gasteiger partial charge in [0.25, 0.3) is 0 Å². The van der Waals surface area contributed by atoms with Crippen molar-refractivity contribution in [2.45, 2.75) is 45.3 Å². The van der Waals surface area contributed by atoms with Crippen molar-refractivity contribution in [3.63, 3.8) is 0 Å². The fourth-order valence-electron chi connectivity index (χ4n) is 4.82. The number of benzene rings is 2. The molecule has 2 atom stereocenters. The largest absolute Gasteiger partial charge is 0.444 e. The second kappa shape index (κ2) is 8.17. The summed E-state index contributed by atoms with van der Waals surface area (Å²) < 4.78 is 6.76. The number of amides is 1. The number of ether oxygens (including phenoxy) is 1. The molecule has 0 spiro atoms. The van der Waals surface area contributed by atoms with Crippen molar-refractivity contribution in [2.24, 2.45) is 5.92 Å². The van der Waals surface area contributed by atoms with E-state index >= 15 is 0 Å². The highest BCUT2D eigenvalue weighted by Crippen LogP contribution is 2.40. The molecule has 1 amide bonds. The van der Waals surface area contributed by atoms with Crippen molar-refractivity contribution in [3.05, 3.63) is 76.7 Å². The van der Waals surface area contributed by atoms with Gasteiger partial charge in [-0.05, 0) is 85.5 Å². The number of rotatable bonds is 3. The van der Waals surface area contributed by atoms with Gasteiger partial charge >= 0.3 is 6.09 Å². The van der Waals surface area contributed by atoms with Crippen LogP contribution in [0.25, 0.3) is 22.4 Å². The Morgan fingerprint density at radius 3 is 2.67 bits per heavy atom. The summed E-state index contributed by atoms with van der Waals surface area (Å²) in [5.41, 5.74) is 6.77. The van der Waals surface area contributed by atoms with E-state index in [4.69, 9.17) is 4.74 Å². The molecule has 2 heterocycles. The van der Waals surface area contributed by atoms with E-state index in [0.717, 1.165) is 34.4 Å². The zero-order valence-electron chi connectivity index (χ0n) is 19.2. The first-order chi connectivity index (χ1) is 15.7. The predicted octanol–water partition coefficient (Wildman–Crippen LogP) is 6.89. The first kappa shape index (κ1) is 22.0. The average Bonchev–Trinajstić information content (AvgIpc) is 3.47. The van der Waals surface area contributed by atoms with Gasteiger partial charge in [0.1, 0.15) is 11.4 Å². The van der Waals surface area contributed by atoms with Crippen LogP contribution in [0.5, 0.6) is 0 Å². The molecule has 1 saturated heterocycles. The number of imidazole rings is 1. The molecule has 0 saturated carbocycles. The van der Waals surface area contributed by atoms with Gasteiger partial charge in [-0.1, -0.05) is 40.2 Å². The molecule has 1 aliphatic carbocycles. The molecule has 33 heavy (non-hydrogen) atoms. The van der Waals surface area contributed by atoms with Gasteiger partial charge < -0.3 is 9.72 Å². The fraction of sp³-hybridized carbons (Fsp3) is 0.333. The van der Waals surface area contributed by atoms with Crippen LogP contribution in [-0.4, -0.2) is 33.1 Å². The number of H-pyrrole nitrogens is 1. The predicted molar refractivity (Wildman–Crippen MR) is 134 cm³/mol. The summed E-state index contributed by atoms with van der Waals surface area (Å²) in [6.45, 7) is 10.2. The summed E-state index contributed by atoms with van der Waals surface area (Å²) in [5, 5.41) is 0. The Hall–Kier alpha value is -2.86. The quantitative estimate of drug-likeness (QED) is 0.308. The van der Waals surface area contributed by atoms with Crippen LogP contribution in [0.4, 0.5) is 4.79 Å². The number of nitrogens with zero attached hydrogens (tertiary/aromatic N) is 2. The van der Waals surface area contributed by atoms with Gasteiger partial charge in [-0.2, -0.15) is 0 Å². The van der Waals surface area contributed by atoms with Crippen LogP contribution < -0.4 is 0 Å². The summed E-state index contributed by atoms with van der Waals surface area (Å²) in [6.07, 6.45) is 5.18.